The highest BCUT2D eigenvalue weighted by Gasteiger charge is 2.41. The van der Waals surface area contributed by atoms with Crippen molar-refractivity contribution in [3.8, 4) is 0 Å². The SMILES string of the molecule is NN1CCC(N2CCCCC2)CC1C1CC(N2CCCC2)CCN1N. The van der Waals surface area contributed by atoms with Gasteiger partial charge in [0, 0.05) is 37.3 Å². The summed E-state index contributed by atoms with van der Waals surface area (Å²) in [6.45, 7) is 7.19. The van der Waals surface area contributed by atoms with E-state index in [0.717, 1.165) is 19.1 Å². The average Bonchev–Trinajstić information content (AvgIpc) is 3.18. The molecule has 4 atom stereocenters. The lowest BCUT2D eigenvalue weighted by Crippen LogP contribution is -2.65. The monoisotopic (exact) mass is 350 g/mol. The van der Waals surface area contributed by atoms with Crippen LogP contribution in [0.5, 0.6) is 0 Å². The molecular formula is C19H38N6. The smallest absolute Gasteiger partial charge is 0.0426 e. The van der Waals surface area contributed by atoms with Crippen LogP contribution in [0.2, 0.25) is 0 Å². The van der Waals surface area contributed by atoms with E-state index in [-0.39, 0.29) is 0 Å². The minimum absolute atomic E-state index is 0.413. The van der Waals surface area contributed by atoms with Crippen LogP contribution >= 0.6 is 0 Å². The number of rotatable bonds is 3. The molecule has 4 fully saturated rings. The van der Waals surface area contributed by atoms with E-state index in [9.17, 15) is 0 Å². The molecule has 0 spiro atoms. The second kappa shape index (κ2) is 8.19. The van der Waals surface area contributed by atoms with Gasteiger partial charge in [-0.05, 0) is 77.5 Å². The number of hydrogen-bond donors (Lipinski definition) is 2. The van der Waals surface area contributed by atoms with Crippen LogP contribution in [0.25, 0.3) is 0 Å². The summed E-state index contributed by atoms with van der Waals surface area (Å²) in [7, 11) is 0. The van der Waals surface area contributed by atoms with Crippen LogP contribution in [-0.4, -0.2) is 83.3 Å². The van der Waals surface area contributed by atoms with Gasteiger partial charge in [0.1, 0.15) is 0 Å². The Kier molecular flexibility index (Phi) is 5.94. The molecule has 6 nitrogen and oxygen atoms in total. The maximum Gasteiger partial charge on any atom is 0.0426 e. The standard InChI is InChI=1S/C19H38N6/c20-24-12-6-16(22-8-2-1-3-9-22)14-18(24)19-15-17(7-13-25(19)21)23-10-4-5-11-23/h16-19H,1-15,20-21H2. The van der Waals surface area contributed by atoms with Crippen molar-refractivity contribution in [3.63, 3.8) is 0 Å². The molecule has 0 bridgehead atoms. The fourth-order valence-electron chi connectivity index (χ4n) is 5.80. The fraction of sp³-hybridized carbons (Fsp3) is 1.00. The van der Waals surface area contributed by atoms with Gasteiger partial charge < -0.3 is 9.80 Å². The van der Waals surface area contributed by atoms with E-state index in [4.69, 9.17) is 11.7 Å². The molecule has 4 unspecified atom stereocenters. The number of piperidine rings is 3. The summed E-state index contributed by atoms with van der Waals surface area (Å²) in [4.78, 5) is 5.46. The molecule has 144 valence electrons. The summed E-state index contributed by atoms with van der Waals surface area (Å²) in [5.74, 6) is 13.0. The van der Waals surface area contributed by atoms with Gasteiger partial charge in [0.2, 0.25) is 0 Å². The Morgan fingerprint density at radius 1 is 0.520 bits per heavy atom. The van der Waals surface area contributed by atoms with E-state index >= 15 is 0 Å². The third-order valence-corrected chi connectivity index (χ3v) is 7.33. The Morgan fingerprint density at radius 3 is 1.36 bits per heavy atom. The van der Waals surface area contributed by atoms with Gasteiger partial charge in [-0.15, -0.1) is 0 Å². The fourth-order valence-corrected chi connectivity index (χ4v) is 5.80. The van der Waals surface area contributed by atoms with Gasteiger partial charge in [0.15, 0.2) is 0 Å². The molecule has 4 saturated heterocycles. The van der Waals surface area contributed by atoms with E-state index in [1.165, 1.54) is 84.0 Å². The average molecular weight is 351 g/mol. The zero-order valence-electron chi connectivity index (χ0n) is 15.9. The molecule has 4 rings (SSSR count). The Morgan fingerprint density at radius 2 is 0.920 bits per heavy atom. The molecule has 0 aromatic rings. The lowest BCUT2D eigenvalue weighted by Gasteiger charge is -2.50. The number of hydrazine groups is 2. The zero-order valence-corrected chi connectivity index (χ0v) is 15.9. The first-order valence-electron chi connectivity index (χ1n) is 10.7. The first-order chi connectivity index (χ1) is 12.2. The van der Waals surface area contributed by atoms with E-state index in [2.05, 4.69) is 19.8 Å². The lowest BCUT2D eigenvalue weighted by molar-refractivity contribution is -0.0218. The highest BCUT2D eigenvalue weighted by Crippen LogP contribution is 2.31. The Balaban J connectivity index is 1.41. The molecule has 0 aromatic heterocycles. The van der Waals surface area contributed by atoms with Crippen LogP contribution in [0.1, 0.15) is 57.8 Å². The molecule has 25 heavy (non-hydrogen) atoms. The van der Waals surface area contributed by atoms with Crippen molar-refractivity contribution in [2.45, 2.75) is 82.0 Å². The maximum absolute atomic E-state index is 6.48. The third-order valence-electron chi connectivity index (χ3n) is 7.33. The molecule has 0 amide bonds. The van der Waals surface area contributed by atoms with E-state index < -0.39 is 0 Å². The molecule has 4 heterocycles. The van der Waals surface area contributed by atoms with Crippen LogP contribution < -0.4 is 11.7 Å². The minimum atomic E-state index is 0.413. The summed E-state index contributed by atoms with van der Waals surface area (Å²) in [5.41, 5.74) is 0. The Labute approximate surface area is 153 Å². The Bertz CT molecular complexity index is 420. The van der Waals surface area contributed by atoms with Gasteiger partial charge in [-0.25, -0.2) is 10.0 Å². The zero-order chi connectivity index (χ0) is 17.2. The van der Waals surface area contributed by atoms with Gasteiger partial charge in [0.05, 0.1) is 0 Å². The molecule has 4 N–H and O–H groups in total. The molecule has 4 aliphatic heterocycles. The van der Waals surface area contributed by atoms with Crippen molar-refractivity contribution < 1.29 is 0 Å². The normalized spacial score (nSPS) is 40.6. The van der Waals surface area contributed by atoms with Crippen molar-refractivity contribution in [1.29, 1.82) is 0 Å². The van der Waals surface area contributed by atoms with Crippen molar-refractivity contribution in [2.24, 2.45) is 11.7 Å². The van der Waals surface area contributed by atoms with Gasteiger partial charge in [-0.1, -0.05) is 6.42 Å². The van der Waals surface area contributed by atoms with Crippen molar-refractivity contribution >= 4 is 0 Å². The third kappa shape index (κ3) is 4.04. The largest absolute Gasteiger partial charge is 0.300 e. The lowest BCUT2D eigenvalue weighted by atomic mass is 9.85. The van der Waals surface area contributed by atoms with Crippen LogP contribution in [0.4, 0.5) is 0 Å². The predicted octanol–water partition coefficient (Wildman–Crippen LogP) is 0.982. The van der Waals surface area contributed by atoms with Crippen LogP contribution in [-0.2, 0) is 0 Å². The van der Waals surface area contributed by atoms with Gasteiger partial charge in [0.25, 0.3) is 0 Å². The van der Waals surface area contributed by atoms with Crippen molar-refractivity contribution in [3.05, 3.63) is 0 Å². The van der Waals surface area contributed by atoms with Gasteiger partial charge in [-0.2, -0.15) is 0 Å². The van der Waals surface area contributed by atoms with Gasteiger partial charge in [-0.3, -0.25) is 11.7 Å². The minimum Gasteiger partial charge on any atom is -0.300 e. The molecular weight excluding hydrogens is 312 g/mol. The van der Waals surface area contributed by atoms with Crippen molar-refractivity contribution in [1.82, 2.24) is 19.8 Å². The van der Waals surface area contributed by atoms with Crippen molar-refractivity contribution in [2.75, 3.05) is 39.3 Å². The second-order valence-electron chi connectivity index (χ2n) is 8.81. The first-order valence-corrected chi connectivity index (χ1v) is 10.7. The highest BCUT2D eigenvalue weighted by molar-refractivity contribution is 4.97. The van der Waals surface area contributed by atoms with E-state index in [0.29, 0.717) is 18.1 Å². The van der Waals surface area contributed by atoms with E-state index in [1.54, 1.807) is 0 Å². The topological polar surface area (TPSA) is 65.0 Å². The highest BCUT2D eigenvalue weighted by atomic mass is 15.5. The summed E-state index contributed by atoms with van der Waals surface area (Å²) < 4.78 is 0. The van der Waals surface area contributed by atoms with Gasteiger partial charge >= 0.3 is 0 Å². The Hall–Kier alpha value is -0.240. The number of nitrogens with two attached hydrogens (primary N) is 2. The van der Waals surface area contributed by atoms with Crippen LogP contribution in [0.3, 0.4) is 0 Å². The molecule has 0 aliphatic carbocycles. The summed E-state index contributed by atoms with van der Waals surface area (Å²) in [5, 5.41) is 4.24. The number of likely N-dealkylation sites (tertiary alicyclic amines) is 2. The number of nitrogens with zero attached hydrogens (tertiary/aromatic N) is 4. The maximum atomic E-state index is 6.48. The molecule has 0 aromatic carbocycles. The van der Waals surface area contributed by atoms with E-state index in [1.807, 2.05) is 0 Å². The summed E-state index contributed by atoms with van der Waals surface area (Å²) in [6, 6.07) is 2.26. The number of hydrogen-bond acceptors (Lipinski definition) is 6. The van der Waals surface area contributed by atoms with Crippen LogP contribution in [0.15, 0.2) is 0 Å². The summed E-state index contributed by atoms with van der Waals surface area (Å²) >= 11 is 0. The molecule has 6 heteroatoms. The quantitative estimate of drug-likeness (QED) is 0.740. The first kappa shape index (κ1) is 18.1. The molecule has 4 aliphatic rings. The van der Waals surface area contributed by atoms with Crippen LogP contribution in [0, 0.1) is 0 Å². The molecule has 0 saturated carbocycles. The second-order valence-corrected chi connectivity index (χ2v) is 8.81. The summed E-state index contributed by atoms with van der Waals surface area (Å²) in [6.07, 6.45) is 11.7. The molecule has 0 radical (unpaired) electrons. The predicted molar refractivity (Wildman–Crippen MR) is 102 cm³/mol.